The average molecular weight is 245 g/mol. The van der Waals surface area contributed by atoms with Crippen LogP contribution in [0.25, 0.3) is 0 Å². The van der Waals surface area contributed by atoms with Crippen molar-refractivity contribution in [1.29, 1.82) is 0 Å². The number of halogens is 1. The van der Waals surface area contributed by atoms with Crippen LogP contribution in [0.5, 0.6) is 0 Å². The van der Waals surface area contributed by atoms with Crippen molar-refractivity contribution in [3.8, 4) is 0 Å². The van der Waals surface area contributed by atoms with E-state index < -0.39 is 21.1 Å². The number of rotatable bonds is 4. The van der Waals surface area contributed by atoms with Gasteiger partial charge in [0.1, 0.15) is 5.82 Å². The van der Waals surface area contributed by atoms with Crippen molar-refractivity contribution in [1.82, 2.24) is 0 Å². The van der Waals surface area contributed by atoms with Crippen LogP contribution in [0.4, 0.5) is 4.39 Å². The lowest BCUT2D eigenvalue weighted by Crippen LogP contribution is -2.32. The van der Waals surface area contributed by atoms with Crippen LogP contribution in [0.1, 0.15) is 25.5 Å². The Labute approximate surface area is 95.4 Å². The second-order valence-electron chi connectivity index (χ2n) is 3.73. The van der Waals surface area contributed by atoms with Gasteiger partial charge in [-0.05, 0) is 24.6 Å². The highest BCUT2D eigenvalue weighted by Crippen LogP contribution is 2.20. The van der Waals surface area contributed by atoms with Gasteiger partial charge in [-0.15, -0.1) is 0 Å². The second-order valence-corrected chi connectivity index (χ2v) is 6.38. The Balaban J connectivity index is 2.94. The molecule has 5 heteroatoms. The van der Waals surface area contributed by atoms with Crippen molar-refractivity contribution in [3.05, 3.63) is 35.6 Å². The molecule has 0 aliphatic rings. The Hall–Kier alpha value is -0.940. The SMILES string of the molecule is CCS(=O)(=O)[C@H](C)[C@@H](N)c1ccc(F)cc1. The van der Waals surface area contributed by atoms with Crippen LogP contribution in [0.3, 0.4) is 0 Å². The van der Waals surface area contributed by atoms with Gasteiger partial charge in [0.15, 0.2) is 9.84 Å². The Morgan fingerprint density at radius 2 is 1.81 bits per heavy atom. The lowest BCUT2D eigenvalue weighted by molar-refractivity contribution is 0.565. The molecule has 0 amide bonds. The summed E-state index contributed by atoms with van der Waals surface area (Å²) in [7, 11) is -3.17. The van der Waals surface area contributed by atoms with Crippen molar-refractivity contribution in [2.45, 2.75) is 25.1 Å². The minimum atomic E-state index is -3.17. The highest BCUT2D eigenvalue weighted by atomic mass is 32.2. The molecule has 1 rings (SSSR count). The largest absolute Gasteiger partial charge is 0.323 e. The van der Waals surface area contributed by atoms with Crippen molar-refractivity contribution >= 4 is 9.84 Å². The van der Waals surface area contributed by atoms with Gasteiger partial charge >= 0.3 is 0 Å². The topological polar surface area (TPSA) is 60.2 Å². The van der Waals surface area contributed by atoms with E-state index in [2.05, 4.69) is 0 Å². The van der Waals surface area contributed by atoms with Crippen LogP contribution in [0.2, 0.25) is 0 Å². The van der Waals surface area contributed by atoms with Gasteiger partial charge in [-0.25, -0.2) is 12.8 Å². The smallest absolute Gasteiger partial charge is 0.154 e. The molecule has 0 spiro atoms. The molecule has 0 radical (unpaired) electrons. The molecule has 0 bridgehead atoms. The maximum absolute atomic E-state index is 12.7. The Morgan fingerprint density at radius 3 is 2.25 bits per heavy atom. The normalized spacial score (nSPS) is 15.8. The minimum Gasteiger partial charge on any atom is -0.323 e. The van der Waals surface area contributed by atoms with E-state index >= 15 is 0 Å². The number of benzene rings is 1. The second kappa shape index (κ2) is 4.93. The van der Waals surface area contributed by atoms with E-state index in [1.54, 1.807) is 13.8 Å². The summed E-state index contributed by atoms with van der Waals surface area (Å²) in [5.41, 5.74) is 6.48. The van der Waals surface area contributed by atoms with E-state index in [0.29, 0.717) is 5.56 Å². The summed E-state index contributed by atoms with van der Waals surface area (Å²) in [6.07, 6.45) is 0. The zero-order valence-corrected chi connectivity index (χ0v) is 10.2. The third kappa shape index (κ3) is 2.80. The van der Waals surface area contributed by atoms with Crippen LogP contribution in [-0.2, 0) is 9.84 Å². The standard InChI is InChI=1S/C11H16FNO2S/c1-3-16(14,15)8(2)11(13)9-4-6-10(12)7-5-9/h4-8,11H,3,13H2,1-2H3/t8-,11-/m1/s1. The molecule has 0 saturated carbocycles. The summed E-state index contributed by atoms with van der Waals surface area (Å²) in [6, 6.07) is 4.97. The predicted molar refractivity (Wildman–Crippen MR) is 62.3 cm³/mol. The van der Waals surface area contributed by atoms with E-state index in [4.69, 9.17) is 5.73 Å². The average Bonchev–Trinajstić information content (AvgIpc) is 2.28. The van der Waals surface area contributed by atoms with E-state index in [0.717, 1.165) is 0 Å². The van der Waals surface area contributed by atoms with Crippen molar-refractivity contribution in [3.63, 3.8) is 0 Å². The summed E-state index contributed by atoms with van der Waals surface area (Å²) in [5.74, 6) is -0.301. The number of hydrogen-bond donors (Lipinski definition) is 1. The molecule has 90 valence electrons. The molecule has 2 N–H and O–H groups in total. The number of hydrogen-bond acceptors (Lipinski definition) is 3. The monoisotopic (exact) mass is 245 g/mol. The molecule has 0 aliphatic heterocycles. The Kier molecular flexibility index (Phi) is 4.04. The van der Waals surface area contributed by atoms with Gasteiger partial charge in [-0.2, -0.15) is 0 Å². The molecule has 0 fully saturated rings. The van der Waals surface area contributed by atoms with Gasteiger partial charge in [0.05, 0.1) is 5.25 Å². The summed E-state index contributed by atoms with van der Waals surface area (Å²) < 4.78 is 35.9. The van der Waals surface area contributed by atoms with Gasteiger partial charge in [-0.1, -0.05) is 19.1 Å². The molecular weight excluding hydrogens is 229 g/mol. The molecule has 16 heavy (non-hydrogen) atoms. The summed E-state index contributed by atoms with van der Waals surface area (Å²) in [6.45, 7) is 3.16. The van der Waals surface area contributed by atoms with E-state index in [-0.39, 0.29) is 11.6 Å². The fraction of sp³-hybridized carbons (Fsp3) is 0.455. The van der Waals surface area contributed by atoms with E-state index in [9.17, 15) is 12.8 Å². The fourth-order valence-corrected chi connectivity index (χ4v) is 2.57. The lowest BCUT2D eigenvalue weighted by atomic mass is 10.1. The zero-order valence-electron chi connectivity index (χ0n) is 9.35. The van der Waals surface area contributed by atoms with Crippen molar-refractivity contribution < 1.29 is 12.8 Å². The first-order valence-corrected chi connectivity index (χ1v) is 6.82. The van der Waals surface area contributed by atoms with Crippen LogP contribution in [-0.4, -0.2) is 19.4 Å². The molecular formula is C11H16FNO2S. The van der Waals surface area contributed by atoms with Crippen LogP contribution in [0.15, 0.2) is 24.3 Å². The Bertz CT molecular complexity index is 442. The molecule has 0 aromatic heterocycles. The van der Waals surface area contributed by atoms with E-state index in [1.807, 2.05) is 0 Å². The van der Waals surface area contributed by atoms with E-state index in [1.165, 1.54) is 24.3 Å². The predicted octanol–water partition coefficient (Wildman–Crippen LogP) is 1.65. The third-order valence-electron chi connectivity index (χ3n) is 2.73. The molecule has 0 heterocycles. The van der Waals surface area contributed by atoms with Gasteiger partial charge in [0, 0.05) is 11.8 Å². The number of nitrogens with two attached hydrogens (primary N) is 1. The fourth-order valence-electron chi connectivity index (χ4n) is 1.44. The summed E-state index contributed by atoms with van der Waals surface area (Å²) in [4.78, 5) is 0. The van der Waals surface area contributed by atoms with Crippen molar-refractivity contribution in [2.24, 2.45) is 5.73 Å². The van der Waals surface area contributed by atoms with Gasteiger partial charge in [-0.3, -0.25) is 0 Å². The highest BCUT2D eigenvalue weighted by Gasteiger charge is 2.26. The number of sulfone groups is 1. The first-order chi connectivity index (χ1) is 7.38. The molecule has 0 saturated heterocycles. The molecule has 3 nitrogen and oxygen atoms in total. The van der Waals surface area contributed by atoms with Gasteiger partial charge < -0.3 is 5.73 Å². The minimum absolute atomic E-state index is 0.0586. The molecule has 2 atom stereocenters. The van der Waals surface area contributed by atoms with Crippen LogP contribution >= 0.6 is 0 Å². The van der Waals surface area contributed by atoms with Crippen LogP contribution < -0.4 is 5.73 Å². The molecule has 0 aliphatic carbocycles. The first kappa shape index (κ1) is 13.1. The molecule has 1 aromatic rings. The summed E-state index contributed by atoms with van der Waals surface area (Å²) >= 11 is 0. The zero-order chi connectivity index (χ0) is 12.3. The quantitative estimate of drug-likeness (QED) is 0.877. The highest BCUT2D eigenvalue weighted by molar-refractivity contribution is 7.92. The maximum atomic E-state index is 12.7. The first-order valence-electron chi connectivity index (χ1n) is 5.11. The third-order valence-corrected chi connectivity index (χ3v) is 4.96. The maximum Gasteiger partial charge on any atom is 0.154 e. The summed E-state index contributed by atoms with van der Waals surface area (Å²) in [5, 5.41) is -0.664. The van der Waals surface area contributed by atoms with Crippen LogP contribution in [0, 0.1) is 5.82 Å². The molecule has 1 aromatic carbocycles. The molecule has 0 unspecified atom stereocenters. The van der Waals surface area contributed by atoms with Crippen molar-refractivity contribution in [2.75, 3.05) is 5.75 Å². The van der Waals surface area contributed by atoms with Gasteiger partial charge in [0.25, 0.3) is 0 Å². The lowest BCUT2D eigenvalue weighted by Gasteiger charge is -2.19. The van der Waals surface area contributed by atoms with Gasteiger partial charge in [0.2, 0.25) is 0 Å². The Morgan fingerprint density at radius 1 is 1.31 bits per heavy atom.